The Hall–Kier alpha value is -2.81. The van der Waals surface area contributed by atoms with Crippen molar-refractivity contribution < 1.29 is 51.8 Å². The van der Waals surface area contributed by atoms with Crippen molar-refractivity contribution in [2.45, 2.75) is 5.60 Å². The van der Waals surface area contributed by atoms with Gasteiger partial charge in [0.25, 0.3) is 0 Å². The van der Waals surface area contributed by atoms with Crippen molar-refractivity contribution in [3.63, 3.8) is 0 Å². The fourth-order valence-electron chi connectivity index (χ4n) is 4.94. The predicted molar refractivity (Wildman–Crippen MR) is 189 cm³/mol. The molecule has 0 bridgehead atoms. The van der Waals surface area contributed by atoms with E-state index in [-0.39, 0.29) is 6.61 Å². The van der Waals surface area contributed by atoms with Gasteiger partial charge in [-0.15, -0.1) is 0 Å². The van der Waals surface area contributed by atoms with Crippen LogP contribution in [-0.2, 0) is 53.0 Å². The van der Waals surface area contributed by atoms with Crippen molar-refractivity contribution in [2.24, 2.45) is 0 Å². The van der Waals surface area contributed by atoms with Crippen molar-refractivity contribution in [1.82, 2.24) is 0 Å². The maximum atomic E-state index is 11.9. The van der Waals surface area contributed by atoms with Crippen molar-refractivity contribution in [3.05, 3.63) is 108 Å². The summed E-state index contributed by atoms with van der Waals surface area (Å²) in [4.78, 5) is 0. The average Bonchev–Trinajstić information content (AvgIpc) is 3.17. The Morgan fingerprint density at radius 2 is 0.520 bits per heavy atom. The molecule has 0 aromatic heterocycles. The predicted octanol–water partition coefficient (Wildman–Crippen LogP) is 5.11. The van der Waals surface area contributed by atoms with Crippen LogP contribution >= 0.6 is 0 Å². The summed E-state index contributed by atoms with van der Waals surface area (Å²) in [5, 5.41) is 0. The summed E-state index contributed by atoms with van der Waals surface area (Å²) >= 11 is 0. The third kappa shape index (κ3) is 17.4. The van der Waals surface area contributed by atoms with E-state index in [0.29, 0.717) is 119 Å². The Kier molecular flexibility index (Phi) is 24.0. The number of hydrogen-bond donors (Lipinski definition) is 0. The molecule has 3 rings (SSSR count). The first-order chi connectivity index (χ1) is 24.9. The standard InChI is InChI=1S/C39H55FO10/c40-16-17-41-18-19-42-20-21-43-22-23-44-24-25-45-26-27-46-28-29-47-30-31-48-32-33-49-34-35-50-39(36-10-4-1-5-11-36,37-12-6-2-7-13-37)38-14-8-3-9-15-38/h1-15H,16-35H2. The highest BCUT2D eigenvalue weighted by molar-refractivity contribution is 5.47. The van der Waals surface area contributed by atoms with Crippen molar-refractivity contribution >= 4 is 0 Å². The molecular weight excluding hydrogens is 647 g/mol. The molecule has 0 aliphatic heterocycles. The van der Waals surface area contributed by atoms with Crippen LogP contribution in [0.1, 0.15) is 16.7 Å². The molecule has 0 heterocycles. The Morgan fingerprint density at radius 1 is 0.300 bits per heavy atom. The molecule has 50 heavy (non-hydrogen) atoms. The quantitative estimate of drug-likeness (QED) is 0.0630. The first-order valence-electron chi connectivity index (χ1n) is 17.4. The van der Waals surface area contributed by atoms with Crippen LogP contribution in [0, 0.1) is 0 Å². The number of hydrogen-bond acceptors (Lipinski definition) is 10. The summed E-state index contributed by atoms with van der Waals surface area (Å²) in [6.07, 6.45) is 0. The highest BCUT2D eigenvalue weighted by atomic mass is 19.1. The maximum Gasteiger partial charge on any atom is 0.143 e. The number of alkyl halides is 1. The van der Waals surface area contributed by atoms with Crippen molar-refractivity contribution in [2.75, 3.05) is 132 Å². The Labute approximate surface area is 297 Å². The zero-order valence-corrected chi connectivity index (χ0v) is 29.3. The first kappa shape index (κ1) is 41.6. The molecule has 0 aliphatic carbocycles. The van der Waals surface area contributed by atoms with Gasteiger partial charge < -0.3 is 47.4 Å². The van der Waals surface area contributed by atoms with E-state index in [1.54, 1.807) is 0 Å². The molecule has 0 aliphatic rings. The monoisotopic (exact) mass is 702 g/mol. The topological polar surface area (TPSA) is 92.3 Å². The second-order valence-electron chi connectivity index (χ2n) is 10.8. The van der Waals surface area contributed by atoms with Crippen LogP contribution in [0.4, 0.5) is 4.39 Å². The zero-order valence-electron chi connectivity index (χ0n) is 29.3. The van der Waals surface area contributed by atoms with E-state index >= 15 is 0 Å². The summed E-state index contributed by atoms with van der Waals surface area (Å²) < 4.78 is 67.8. The van der Waals surface area contributed by atoms with Crippen LogP contribution in [0.5, 0.6) is 0 Å². The fraction of sp³-hybridized carbons (Fsp3) is 0.538. The SMILES string of the molecule is FCCOCCOCCOCCOCCOCCOCCOCCOCCOCCOC(c1ccccc1)(c1ccccc1)c1ccccc1. The molecule has 0 N–H and O–H groups in total. The summed E-state index contributed by atoms with van der Waals surface area (Å²) in [5.41, 5.74) is 2.44. The zero-order chi connectivity index (χ0) is 35.1. The van der Waals surface area contributed by atoms with E-state index in [1.165, 1.54) is 0 Å². The lowest BCUT2D eigenvalue weighted by Gasteiger charge is -2.36. The average molecular weight is 703 g/mol. The van der Waals surface area contributed by atoms with Crippen LogP contribution in [0.2, 0.25) is 0 Å². The second kappa shape index (κ2) is 28.8. The summed E-state index contributed by atoms with van der Waals surface area (Å²) in [5.74, 6) is 0. The van der Waals surface area contributed by atoms with Crippen LogP contribution in [0.15, 0.2) is 91.0 Å². The number of benzene rings is 3. The summed E-state index contributed by atoms with van der Waals surface area (Å²) in [7, 11) is 0. The lowest BCUT2D eigenvalue weighted by atomic mass is 9.80. The van der Waals surface area contributed by atoms with Gasteiger partial charge in [0, 0.05) is 0 Å². The highest BCUT2D eigenvalue weighted by Crippen LogP contribution is 2.40. The molecule has 3 aromatic rings. The lowest BCUT2D eigenvalue weighted by molar-refractivity contribution is -0.0399. The third-order valence-electron chi connectivity index (χ3n) is 7.28. The normalized spacial score (nSPS) is 11.7. The number of rotatable bonds is 33. The largest absolute Gasteiger partial charge is 0.377 e. The summed E-state index contributed by atoms with van der Waals surface area (Å²) in [6.45, 7) is 8.10. The molecule has 0 amide bonds. The van der Waals surface area contributed by atoms with Crippen LogP contribution < -0.4 is 0 Å². The molecule has 11 heteroatoms. The van der Waals surface area contributed by atoms with Gasteiger partial charge in [-0.25, -0.2) is 4.39 Å². The molecule has 3 aromatic carbocycles. The van der Waals surface area contributed by atoms with Crippen LogP contribution in [0.3, 0.4) is 0 Å². The van der Waals surface area contributed by atoms with Crippen LogP contribution in [-0.4, -0.2) is 132 Å². The molecule has 278 valence electrons. The molecule has 0 saturated heterocycles. The minimum Gasteiger partial charge on any atom is -0.377 e. The van der Waals surface area contributed by atoms with Gasteiger partial charge in [0.05, 0.1) is 126 Å². The fourth-order valence-corrected chi connectivity index (χ4v) is 4.94. The van der Waals surface area contributed by atoms with Crippen molar-refractivity contribution in [3.8, 4) is 0 Å². The molecule has 0 unspecified atom stereocenters. The molecule has 0 fully saturated rings. The smallest absolute Gasteiger partial charge is 0.143 e. The Bertz CT molecular complexity index is 1060. The maximum absolute atomic E-state index is 11.9. The van der Waals surface area contributed by atoms with Gasteiger partial charge in [-0.2, -0.15) is 0 Å². The van der Waals surface area contributed by atoms with E-state index in [1.807, 2.05) is 54.6 Å². The third-order valence-corrected chi connectivity index (χ3v) is 7.28. The van der Waals surface area contributed by atoms with Crippen molar-refractivity contribution in [1.29, 1.82) is 0 Å². The number of halogens is 1. The van der Waals surface area contributed by atoms with Crippen LogP contribution in [0.25, 0.3) is 0 Å². The van der Waals surface area contributed by atoms with Gasteiger partial charge >= 0.3 is 0 Å². The molecule has 0 spiro atoms. The van der Waals surface area contributed by atoms with E-state index in [2.05, 4.69) is 36.4 Å². The molecule has 0 radical (unpaired) electrons. The van der Waals surface area contributed by atoms with Gasteiger partial charge in [0.15, 0.2) is 0 Å². The lowest BCUT2D eigenvalue weighted by Crippen LogP contribution is -2.34. The van der Waals surface area contributed by atoms with E-state index in [9.17, 15) is 4.39 Å². The van der Waals surface area contributed by atoms with E-state index in [0.717, 1.165) is 16.7 Å². The molecular formula is C39H55FO10. The Morgan fingerprint density at radius 3 is 0.760 bits per heavy atom. The molecule has 0 atom stereocenters. The molecule has 10 nitrogen and oxygen atoms in total. The summed E-state index contributed by atoms with van der Waals surface area (Å²) in [6, 6.07) is 30.9. The van der Waals surface area contributed by atoms with Gasteiger partial charge in [0.2, 0.25) is 0 Å². The Balaban J connectivity index is 1.11. The molecule has 0 saturated carbocycles. The number of ether oxygens (including phenoxy) is 10. The van der Waals surface area contributed by atoms with E-state index < -0.39 is 12.3 Å². The minimum absolute atomic E-state index is 0.112. The van der Waals surface area contributed by atoms with Gasteiger partial charge in [0.1, 0.15) is 12.3 Å². The second-order valence-corrected chi connectivity index (χ2v) is 10.8. The van der Waals surface area contributed by atoms with Gasteiger partial charge in [-0.1, -0.05) is 91.0 Å². The first-order valence-corrected chi connectivity index (χ1v) is 17.4. The minimum atomic E-state index is -0.753. The highest BCUT2D eigenvalue weighted by Gasteiger charge is 2.37. The van der Waals surface area contributed by atoms with Gasteiger partial charge in [-0.05, 0) is 16.7 Å². The van der Waals surface area contributed by atoms with Gasteiger partial charge in [-0.3, -0.25) is 0 Å². The van der Waals surface area contributed by atoms with E-state index in [4.69, 9.17) is 47.4 Å².